The molecule has 3 rings (SSSR count). The third kappa shape index (κ3) is 4.94. The Morgan fingerprint density at radius 1 is 1.07 bits per heavy atom. The Hall–Kier alpha value is -2.68. The molecule has 0 radical (unpaired) electrons. The minimum absolute atomic E-state index is 0.0363. The van der Waals surface area contributed by atoms with Gasteiger partial charge in [-0.3, -0.25) is 4.79 Å². The summed E-state index contributed by atoms with van der Waals surface area (Å²) in [6.45, 7) is 3.11. The number of nitrogens with one attached hydrogen (secondary N) is 1. The van der Waals surface area contributed by atoms with Crippen molar-refractivity contribution in [3.05, 3.63) is 70.3 Å². The minimum atomic E-state index is -0.493. The molecular formula is C20H18Cl2N4O. The quantitative estimate of drug-likeness (QED) is 0.618. The molecule has 1 fully saturated rings. The Kier molecular flexibility index (Phi) is 6.23. The molecule has 1 amide bonds. The second-order valence-corrected chi connectivity index (χ2v) is 6.94. The van der Waals surface area contributed by atoms with Gasteiger partial charge in [0.2, 0.25) is 0 Å². The third-order valence-corrected chi connectivity index (χ3v) is 4.84. The van der Waals surface area contributed by atoms with Gasteiger partial charge >= 0.3 is 0 Å². The number of amides is 1. The Bertz CT molecular complexity index is 885. The number of piperazine rings is 1. The zero-order valence-corrected chi connectivity index (χ0v) is 16.0. The molecule has 0 aliphatic carbocycles. The molecule has 0 saturated carbocycles. The van der Waals surface area contributed by atoms with Crippen LogP contribution in [0.3, 0.4) is 0 Å². The van der Waals surface area contributed by atoms with E-state index in [4.69, 9.17) is 23.2 Å². The van der Waals surface area contributed by atoms with Gasteiger partial charge in [-0.2, -0.15) is 5.26 Å². The van der Waals surface area contributed by atoms with Gasteiger partial charge in [0, 0.05) is 43.1 Å². The average molecular weight is 401 g/mol. The molecule has 2 aromatic rings. The Morgan fingerprint density at radius 3 is 2.41 bits per heavy atom. The normalized spacial score (nSPS) is 14.6. The lowest BCUT2D eigenvalue weighted by molar-refractivity contribution is -0.112. The minimum Gasteiger partial charge on any atom is -0.373 e. The maximum atomic E-state index is 12.4. The predicted octanol–water partition coefficient (Wildman–Crippen LogP) is 4.16. The standard InChI is InChI=1S/C20H18Cl2N4O/c21-16-6-7-19(18(22)12-16)24-20(27)15(13-23)14-25-8-10-26(11-9-25)17-4-2-1-3-5-17/h1-7,12,14H,8-11H2,(H,24,27)/b15-14-. The van der Waals surface area contributed by atoms with E-state index in [1.165, 1.54) is 11.8 Å². The fourth-order valence-corrected chi connectivity index (χ4v) is 3.31. The molecule has 0 atom stereocenters. The summed E-state index contributed by atoms with van der Waals surface area (Å²) in [5.74, 6) is -0.493. The summed E-state index contributed by atoms with van der Waals surface area (Å²) in [5, 5.41) is 12.8. The van der Waals surface area contributed by atoms with E-state index in [-0.39, 0.29) is 5.57 Å². The van der Waals surface area contributed by atoms with Crippen molar-refractivity contribution in [2.45, 2.75) is 0 Å². The zero-order chi connectivity index (χ0) is 19.2. The first-order valence-electron chi connectivity index (χ1n) is 8.49. The molecule has 1 heterocycles. The molecule has 5 nitrogen and oxygen atoms in total. The van der Waals surface area contributed by atoms with Crippen molar-refractivity contribution >= 4 is 40.5 Å². The van der Waals surface area contributed by atoms with Gasteiger partial charge in [-0.1, -0.05) is 41.4 Å². The highest BCUT2D eigenvalue weighted by molar-refractivity contribution is 6.36. The van der Waals surface area contributed by atoms with Crippen LogP contribution >= 0.6 is 23.2 Å². The van der Waals surface area contributed by atoms with Gasteiger partial charge in [0.25, 0.3) is 5.91 Å². The molecule has 0 spiro atoms. The highest BCUT2D eigenvalue weighted by Crippen LogP contribution is 2.25. The molecule has 7 heteroatoms. The van der Waals surface area contributed by atoms with Gasteiger partial charge in [0.15, 0.2) is 0 Å². The molecule has 27 heavy (non-hydrogen) atoms. The van der Waals surface area contributed by atoms with Crippen LogP contribution in [-0.4, -0.2) is 37.0 Å². The number of nitrogens with zero attached hydrogens (tertiary/aromatic N) is 3. The van der Waals surface area contributed by atoms with Crippen LogP contribution in [0.1, 0.15) is 0 Å². The van der Waals surface area contributed by atoms with E-state index < -0.39 is 5.91 Å². The van der Waals surface area contributed by atoms with E-state index in [0.29, 0.717) is 15.7 Å². The second-order valence-electron chi connectivity index (χ2n) is 6.09. The fraction of sp³-hybridized carbons (Fsp3) is 0.200. The number of hydrogen-bond donors (Lipinski definition) is 1. The third-order valence-electron chi connectivity index (χ3n) is 4.29. The number of rotatable bonds is 4. The number of hydrogen-bond acceptors (Lipinski definition) is 4. The van der Waals surface area contributed by atoms with Crippen molar-refractivity contribution in [1.82, 2.24) is 4.90 Å². The van der Waals surface area contributed by atoms with E-state index in [9.17, 15) is 10.1 Å². The number of para-hydroxylation sites is 1. The Balaban J connectivity index is 1.63. The van der Waals surface area contributed by atoms with Crippen LogP contribution in [0.4, 0.5) is 11.4 Å². The van der Waals surface area contributed by atoms with Crippen LogP contribution < -0.4 is 10.2 Å². The number of anilines is 2. The first kappa shape index (κ1) is 19.1. The van der Waals surface area contributed by atoms with Crippen LogP contribution in [0.5, 0.6) is 0 Å². The van der Waals surface area contributed by atoms with E-state index in [2.05, 4.69) is 22.3 Å². The highest BCUT2D eigenvalue weighted by Gasteiger charge is 2.18. The molecule has 2 aromatic carbocycles. The van der Waals surface area contributed by atoms with Crippen molar-refractivity contribution in [3.63, 3.8) is 0 Å². The fourth-order valence-electron chi connectivity index (χ4n) is 2.85. The van der Waals surface area contributed by atoms with E-state index >= 15 is 0 Å². The topological polar surface area (TPSA) is 59.4 Å². The molecule has 1 aliphatic rings. The summed E-state index contributed by atoms with van der Waals surface area (Å²) in [6.07, 6.45) is 1.61. The van der Waals surface area contributed by atoms with Crippen molar-refractivity contribution in [2.75, 3.05) is 36.4 Å². The van der Waals surface area contributed by atoms with Gasteiger partial charge in [0.1, 0.15) is 11.6 Å². The number of carbonyl (C=O) groups is 1. The van der Waals surface area contributed by atoms with Crippen LogP contribution in [0.25, 0.3) is 0 Å². The monoisotopic (exact) mass is 400 g/mol. The zero-order valence-electron chi connectivity index (χ0n) is 14.5. The SMILES string of the molecule is N#C/C(=C/N1CCN(c2ccccc2)CC1)C(=O)Nc1ccc(Cl)cc1Cl. The van der Waals surface area contributed by atoms with Crippen molar-refractivity contribution in [3.8, 4) is 6.07 Å². The lowest BCUT2D eigenvalue weighted by Crippen LogP contribution is -2.44. The molecule has 0 aromatic heterocycles. The van der Waals surface area contributed by atoms with E-state index in [1.807, 2.05) is 29.2 Å². The lowest BCUT2D eigenvalue weighted by Gasteiger charge is -2.35. The van der Waals surface area contributed by atoms with Gasteiger partial charge < -0.3 is 15.1 Å². The van der Waals surface area contributed by atoms with Gasteiger partial charge in [-0.05, 0) is 30.3 Å². The predicted molar refractivity (Wildman–Crippen MR) is 109 cm³/mol. The smallest absolute Gasteiger partial charge is 0.267 e. The average Bonchev–Trinajstić information content (AvgIpc) is 2.69. The van der Waals surface area contributed by atoms with E-state index in [1.54, 1.807) is 18.3 Å². The first-order valence-corrected chi connectivity index (χ1v) is 9.25. The molecule has 1 aliphatic heterocycles. The van der Waals surface area contributed by atoms with Gasteiger partial charge in [-0.15, -0.1) is 0 Å². The molecule has 1 N–H and O–H groups in total. The Morgan fingerprint density at radius 2 is 1.78 bits per heavy atom. The van der Waals surface area contributed by atoms with Crippen molar-refractivity contribution < 1.29 is 4.79 Å². The number of halogens is 2. The molecule has 1 saturated heterocycles. The van der Waals surface area contributed by atoms with Crippen molar-refractivity contribution in [2.24, 2.45) is 0 Å². The summed E-state index contributed by atoms with van der Waals surface area (Å²) >= 11 is 11.9. The van der Waals surface area contributed by atoms with E-state index in [0.717, 1.165) is 26.2 Å². The van der Waals surface area contributed by atoms with Crippen LogP contribution in [0.2, 0.25) is 10.0 Å². The Labute approximate surface area is 168 Å². The summed E-state index contributed by atoms with van der Waals surface area (Å²) in [4.78, 5) is 16.7. The molecule has 138 valence electrons. The maximum Gasteiger partial charge on any atom is 0.267 e. The summed E-state index contributed by atoms with van der Waals surface area (Å²) in [7, 11) is 0. The van der Waals surface area contributed by atoms with Gasteiger partial charge in [0.05, 0.1) is 10.7 Å². The van der Waals surface area contributed by atoms with Crippen LogP contribution in [-0.2, 0) is 4.79 Å². The summed E-state index contributed by atoms with van der Waals surface area (Å²) < 4.78 is 0. The number of carbonyl (C=O) groups excluding carboxylic acids is 1. The van der Waals surface area contributed by atoms with Crippen LogP contribution in [0, 0.1) is 11.3 Å². The lowest BCUT2D eigenvalue weighted by atomic mass is 10.2. The summed E-state index contributed by atoms with van der Waals surface area (Å²) in [6, 6.07) is 16.9. The number of nitriles is 1. The van der Waals surface area contributed by atoms with Gasteiger partial charge in [-0.25, -0.2) is 0 Å². The second kappa shape index (κ2) is 8.81. The molecule has 0 bridgehead atoms. The maximum absolute atomic E-state index is 12.4. The summed E-state index contributed by atoms with van der Waals surface area (Å²) in [5.41, 5.74) is 1.63. The van der Waals surface area contributed by atoms with Crippen LogP contribution in [0.15, 0.2) is 60.3 Å². The largest absolute Gasteiger partial charge is 0.373 e. The first-order chi connectivity index (χ1) is 13.1. The highest BCUT2D eigenvalue weighted by atomic mass is 35.5. The number of benzene rings is 2. The molecular weight excluding hydrogens is 383 g/mol. The van der Waals surface area contributed by atoms with Crippen molar-refractivity contribution in [1.29, 1.82) is 5.26 Å². The molecule has 0 unspecified atom stereocenters.